The zero-order valence-electron chi connectivity index (χ0n) is 11.8. The molecule has 0 fully saturated rings. The van der Waals surface area contributed by atoms with E-state index in [1.165, 1.54) is 12.1 Å². The van der Waals surface area contributed by atoms with E-state index in [0.29, 0.717) is 5.75 Å². The number of esters is 1. The van der Waals surface area contributed by atoms with Crippen LogP contribution in [0.2, 0.25) is 0 Å². The van der Waals surface area contributed by atoms with Crippen molar-refractivity contribution in [3.05, 3.63) is 60.2 Å². The summed E-state index contributed by atoms with van der Waals surface area (Å²) in [4.78, 5) is 11.7. The van der Waals surface area contributed by atoms with Crippen molar-refractivity contribution in [2.45, 2.75) is 6.10 Å². The van der Waals surface area contributed by atoms with Crippen molar-refractivity contribution < 1.29 is 30.0 Å². The Hall–Kier alpha value is -2.41. The number of carbonyl (C=O) groups is 1. The molecule has 2 aromatic carbocycles. The summed E-state index contributed by atoms with van der Waals surface area (Å²) in [6.45, 7) is -0.729. The van der Waals surface area contributed by atoms with E-state index in [1.54, 1.807) is 36.4 Å². The molecule has 6 heteroatoms. The van der Waals surface area contributed by atoms with Crippen LogP contribution in [-0.4, -0.2) is 45.7 Å². The van der Waals surface area contributed by atoms with E-state index < -0.39 is 12.1 Å². The molecule has 0 atom stereocenters. The molecule has 0 radical (unpaired) electrons. The normalized spacial score (nSPS) is 9.82. The van der Waals surface area contributed by atoms with Gasteiger partial charge in [-0.15, -0.1) is 0 Å². The number of hydrogen-bond acceptors (Lipinski definition) is 6. The highest BCUT2D eigenvalue weighted by Gasteiger charge is 2.12. The number of phenols is 1. The van der Waals surface area contributed by atoms with Crippen molar-refractivity contribution >= 4 is 5.97 Å². The molecular weight excluding hydrogens is 288 g/mol. The molecule has 0 amide bonds. The van der Waals surface area contributed by atoms with Gasteiger partial charge in [0.25, 0.3) is 0 Å². The summed E-state index contributed by atoms with van der Waals surface area (Å²) >= 11 is 0. The van der Waals surface area contributed by atoms with Crippen LogP contribution in [0.25, 0.3) is 0 Å². The first-order valence-electron chi connectivity index (χ1n) is 6.53. The molecule has 0 saturated heterocycles. The summed E-state index contributed by atoms with van der Waals surface area (Å²) in [7, 11) is 0. The molecule has 0 aliphatic carbocycles. The number of aliphatic hydroxyl groups is 3. The predicted molar refractivity (Wildman–Crippen MR) is 79.7 cm³/mol. The minimum atomic E-state index is -0.954. The molecule has 2 rings (SSSR count). The maximum Gasteiger partial charge on any atom is 0.347 e. The minimum Gasteiger partial charge on any atom is -0.507 e. The van der Waals surface area contributed by atoms with Gasteiger partial charge in [0.2, 0.25) is 0 Å². The number of aromatic hydroxyl groups is 1. The molecule has 118 valence electrons. The van der Waals surface area contributed by atoms with Crippen LogP contribution in [0.5, 0.6) is 11.5 Å². The smallest absolute Gasteiger partial charge is 0.347 e. The number of phenolic OH excluding ortho intramolecular Hbond substituents is 1. The van der Waals surface area contributed by atoms with Gasteiger partial charge >= 0.3 is 5.97 Å². The van der Waals surface area contributed by atoms with Crippen LogP contribution < -0.4 is 4.74 Å². The van der Waals surface area contributed by atoms with Crippen LogP contribution >= 0.6 is 0 Å². The average Bonchev–Trinajstić information content (AvgIpc) is 2.56. The largest absolute Gasteiger partial charge is 0.507 e. The Labute approximate surface area is 127 Å². The number of carbonyl (C=O) groups excluding carboxylic acids is 1. The van der Waals surface area contributed by atoms with Gasteiger partial charge in [-0.05, 0) is 24.3 Å². The van der Waals surface area contributed by atoms with Gasteiger partial charge in [0.1, 0.15) is 23.2 Å². The third-order valence-electron chi connectivity index (χ3n) is 2.50. The van der Waals surface area contributed by atoms with Crippen molar-refractivity contribution in [3.63, 3.8) is 0 Å². The monoisotopic (exact) mass is 306 g/mol. The van der Waals surface area contributed by atoms with E-state index in [1.807, 2.05) is 6.07 Å². The second kappa shape index (κ2) is 9.51. The van der Waals surface area contributed by atoms with Gasteiger partial charge in [-0.1, -0.05) is 30.3 Å². The topological polar surface area (TPSA) is 107 Å². The molecule has 0 aliphatic rings. The fourth-order valence-corrected chi connectivity index (χ4v) is 1.35. The second-order valence-electron chi connectivity index (χ2n) is 4.24. The Morgan fingerprint density at radius 1 is 0.955 bits per heavy atom. The lowest BCUT2D eigenvalue weighted by Crippen LogP contribution is -2.15. The van der Waals surface area contributed by atoms with Gasteiger partial charge < -0.3 is 25.2 Å². The number of para-hydroxylation sites is 2. The maximum atomic E-state index is 11.7. The van der Waals surface area contributed by atoms with Crippen LogP contribution in [0.15, 0.2) is 54.6 Å². The van der Waals surface area contributed by atoms with Crippen LogP contribution in [0.4, 0.5) is 0 Å². The first-order valence-corrected chi connectivity index (χ1v) is 6.53. The lowest BCUT2D eigenvalue weighted by atomic mass is 10.2. The fourth-order valence-electron chi connectivity index (χ4n) is 1.35. The number of aliphatic hydroxyl groups excluding tert-OH is 3. The Kier molecular flexibility index (Phi) is 7.63. The molecular formula is C16H18O6. The molecule has 4 N–H and O–H groups in total. The van der Waals surface area contributed by atoms with E-state index in [4.69, 9.17) is 20.1 Å². The second-order valence-corrected chi connectivity index (χ2v) is 4.24. The third kappa shape index (κ3) is 5.92. The van der Waals surface area contributed by atoms with Crippen LogP contribution in [0.3, 0.4) is 0 Å². The Bertz CT molecular complexity index is 566. The van der Waals surface area contributed by atoms with Crippen molar-refractivity contribution in [1.82, 2.24) is 0 Å². The lowest BCUT2D eigenvalue weighted by Gasteiger charge is -2.04. The predicted octanol–water partition coefficient (Wildman–Crippen LogP) is 0.943. The maximum absolute atomic E-state index is 11.7. The van der Waals surface area contributed by atoms with Crippen LogP contribution in [-0.2, 0) is 0 Å². The number of benzene rings is 2. The van der Waals surface area contributed by atoms with Gasteiger partial charge in [-0.3, -0.25) is 0 Å². The molecule has 0 aromatic heterocycles. The Balaban J connectivity index is 0.000000346. The Morgan fingerprint density at radius 2 is 1.50 bits per heavy atom. The minimum absolute atomic E-state index is 0.0802. The standard InChI is InChI=1S/C13H10O3.C3H8O3/c14-12-9-5-4-8-11(12)13(15)16-10-6-2-1-3-7-10;4-1-3(6)2-5/h1-9,14H;3-6H,1-2H2. The zero-order chi connectivity index (χ0) is 16.4. The summed E-state index contributed by atoms with van der Waals surface area (Å²) in [5, 5.41) is 33.5. The fraction of sp³-hybridized carbons (Fsp3) is 0.188. The molecule has 6 nitrogen and oxygen atoms in total. The highest BCUT2D eigenvalue weighted by Crippen LogP contribution is 2.18. The van der Waals surface area contributed by atoms with Gasteiger partial charge in [0.05, 0.1) is 13.2 Å². The van der Waals surface area contributed by atoms with E-state index >= 15 is 0 Å². The Morgan fingerprint density at radius 3 is 2.00 bits per heavy atom. The summed E-state index contributed by atoms with van der Waals surface area (Å²) in [6, 6.07) is 15.0. The van der Waals surface area contributed by atoms with Gasteiger partial charge in [0, 0.05) is 0 Å². The van der Waals surface area contributed by atoms with Crippen molar-refractivity contribution in [1.29, 1.82) is 0 Å². The third-order valence-corrected chi connectivity index (χ3v) is 2.50. The molecule has 0 bridgehead atoms. The van der Waals surface area contributed by atoms with E-state index in [-0.39, 0.29) is 24.5 Å². The summed E-state index contributed by atoms with van der Waals surface area (Å²) < 4.78 is 5.08. The van der Waals surface area contributed by atoms with Crippen molar-refractivity contribution in [2.24, 2.45) is 0 Å². The van der Waals surface area contributed by atoms with Gasteiger partial charge in [-0.25, -0.2) is 4.79 Å². The van der Waals surface area contributed by atoms with E-state index in [0.717, 1.165) is 0 Å². The molecule has 0 aliphatic heterocycles. The SMILES string of the molecule is O=C(Oc1ccccc1)c1ccccc1O.OCC(O)CO. The first-order chi connectivity index (χ1) is 10.6. The quantitative estimate of drug-likeness (QED) is 0.495. The van der Waals surface area contributed by atoms with Crippen LogP contribution in [0.1, 0.15) is 10.4 Å². The highest BCUT2D eigenvalue weighted by atomic mass is 16.5. The molecule has 0 heterocycles. The van der Waals surface area contributed by atoms with Gasteiger partial charge in [-0.2, -0.15) is 0 Å². The average molecular weight is 306 g/mol. The molecule has 0 spiro atoms. The summed E-state index contributed by atoms with van der Waals surface area (Å²) in [6.07, 6.45) is -0.954. The van der Waals surface area contributed by atoms with Crippen LogP contribution in [0, 0.1) is 0 Å². The number of ether oxygens (including phenoxy) is 1. The molecule has 0 saturated carbocycles. The summed E-state index contributed by atoms with van der Waals surface area (Å²) in [5.74, 6) is -0.191. The lowest BCUT2D eigenvalue weighted by molar-refractivity contribution is 0.0450. The molecule has 2 aromatic rings. The van der Waals surface area contributed by atoms with Gasteiger partial charge in [0.15, 0.2) is 0 Å². The zero-order valence-corrected chi connectivity index (χ0v) is 11.8. The summed E-state index contributed by atoms with van der Waals surface area (Å²) in [5.41, 5.74) is 0.159. The van der Waals surface area contributed by atoms with Crippen molar-refractivity contribution in [2.75, 3.05) is 13.2 Å². The molecule has 22 heavy (non-hydrogen) atoms. The number of hydrogen-bond donors (Lipinski definition) is 4. The van der Waals surface area contributed by atoms with Crippen molar-refractivity contribution in [3.8, 4) is 11.5 Å². The van der Waals surface area contributed by atoms with E-state index in [9.17, 15) is 9.90 Å². The van der Waals surface area contributed by atoms with E-state index in [2.05, 4.69) is 0 Å². The first kappa shape index (κ1) is 17.6. The molecule has 0 unspecified atom stereocenters. The number of rotatable bonds is 4. The highest BCUT2D eigenvalue weighted by molar-refractivity contribution is 5.93.